The van der Waals surface area contributed by atoms with E-state index in [2.05, 4.69) is 5.16 Å². The summed E-state index contributed by atoms with van der Waals surface area (Å²) in [6, 6.07) is 7.14. The Kier molecular flexibility index (Phi) is 2.53. The van der Waals surface area contributed by atoms with Gasteiger partial charge in [0, 0.05) is 18.5 Å². The first-order chi connectivity index (χ1) is 9.38. The number of alkyl halides is 3. The number of nitrogens with two attached hydrogens (primary N) is 1. The number of halogens is 3. The molecule has 0 amide bonds. The number of anilines is 1. The van der Waals surface area contributed by atoms with E-state index in [9.17, 15) is 13.2 Å². The summed E-state index contributed by atoms with van der Waals surface area (Å²) >= 11 is 0. The smallest absolute Gasteiger partial charge is 0.381 e. The normalized spacial score (nSPS) is 12.2. The van der Waals surface area contributed by atoms with Gasteiger partial charge in [-0.15, -0.1) is 0 Å². The Hall–Kier alpha value is -2.44. The summed E-state index contributed by atoms with van der Waals surface area (Å²) in [5.74, 6) is 0.510. The molecule has 3 rings (SSSR count). The second kappa shape index (κ2) is 4.03. The van der Waals surface area contributed by atoms with Crippen molar-refractivity contribution in [2.75, 3.05) is 5.73 Å². The molecule has 0 spiro atoms. The molecule has 2 heterocycles. The molecule has 0 unspecified atom stereocenters. The van der Waals surface area contributed by atoms with Crippen molar-refractivity contribution in [3.05, 3.63) is 35.9 Å². The van der Waals surface area contributed by atoms with Crippen LogP contribution in [-0.2, 0) is 13.2 Å². The lowest BCUT2D eigenvalue weighted by Crippen LogP contribution is -2.07. The molecular weight excluding hydrogens is 271 g/mol. The Labute approximate surface area is 111 Å². The summed E-state index contributed by atoms with van der Waals surface area (Å²) in [7, 11) is 1.55. The van der Waals surface area contributed by atoms with Gasteiger partial charge in [0.05, 0.1) is 16.8 Å². The van der Waals surface area contributed by atoms with Crippen LogP contribution in [0.15, 0.2) is 34.9 Å². The van der Waals surface area contributed by atoms with Crippen LogP contribution in [0.1, 0.15) is 5.56 Å². The van der Waals surface area contributed by atoms with Crippen LogP contribution in [0, 0.1) is 0 Å². The van der Waals surface area contributed by atoms with Crippen LogP contribution in [0.5, 0.6) is 0 Å². The Morgan fingerprint density at radius 3 is 2.60 bits per heavy atom. The minimum atomic E-state index is -4.41. The van der Waals surface area contributed by atoms with Gasteiger partial charge in [-0.1, -0.05) is 17.3 Å². The average Bonchev–Trinajstić information content (AvgIpc) is 2.92. The number of hydrogen-bond donors (Lipinski definition) is 1. The van der Waals surface area contributed by atoms with Gasteiger partial charge in [0.25, 0.3) is 0 Å². The molecule has 0 fully saturated rings. The number of aromatic nitrogens is 2. The van der Waals surface area contributed by atoms with Gasteiger partial charge in [-0.2, -0.15) is 13.2 Å². The Balaban J connectivity index is 2.31. The fourth-order valence-corrected chi connectivity index (χ4v) is 2.29. The molecule has 0 saturated carbocycles. The number of aryl methyl sites for hydroxylation is 1. The molecule has 20 heavy (non-hydrogen) atoms. The third kappa shape index (κ3) is 1.82. The van der Waals surface area contributed by atoms with E-state index in [4.69, 9.17) is 10.3 Å². The molecule has 2 aromatic heterocycles. The molecule has 4 nitrogen and oxygen atoms in total. The summed E-state index contributed by atoms with van der Waals surface area (Å²) in [6.07, 6.45) is -4.41. The van der Waals surface area contributed by atoms with E-state index in [1.54, 1.807) is 19.2 Å². The largest absolute Gasteiger partial charge is 0.418 e. The Morgan fingerprint density at radius 1 is 1.25 bits per heavy atom. The van der Waals surface area contributed by atoms with Gasteiger partial charge in [-0.3, -0.25) is 0 Å². The van der Waals surface area contributed by atoms with E-state index in [1.165, 1.54) is 16.7 Å². The number of fused-ring (bicyclic) bond motifs is 1. The number of rotatable bonds is 1. The Morgan fingerprint density at radius 2 is 2.00 bits per heavy atom. The topological polar surface area (TPSA) is 57.0 Å². The van der Waals surface area contributed by atoms with E-state index >= 15 is 0 Å². The van der Waals surface area contributed by atoms with E-state index in [0.717, 1.165) is 6.07 Å². The van der Waals surface area contributed by atoms with Gasteiger partial charge in [0.2, 0.25) is 0 Å². The van der Waals surface area contributed by atoms with Crippen LogP contribution in [0.3, 0.4) is 0 Å². The van der Waals surface area contributed by atoms with Crippen molar-refractivity contribution >= 4 is 16.7 Å². The predicted molar refractivity (Wildman–Crippen MR) is 67.8 cm³/mol. The van der Waals surface area contributed by atoms with E-state index in [0.29, 0.717) is 16.8 Å². The maximum atomic E-state index is 13.0. The highest BCUT2D eigenvalue weighted by Gasteiger charge is 2.34. The summed E-state index contributed by atoms with van der Waals surface area (Å²) in [5.41, 5.74) is 5.37. The van der Waals surface area contributed by atoms with Crippen LogP contribution < -0.4 is 5.73 Å². The van der Waals surface area contributed by atoms with Crippen LogP contribution >= 0.6 is 0 Å². The standard InChI is InChI=1S/C13H10F3N3O/c1-19-9(10-6-11(17)18-20-10)5-7-3-2-4-8(12(7)19)13(14,15)16/h2-6H,1H3,(H2,17,18). The molecule has 0 saturated heterocycles. The molecule has 0 atom stereocenters. The summed E-state index contributed by atoms with van der Waals surface area (Å²) < 4.78 is 45.6. The lowest BCUT2D eigenvalue weighted by atomic mass is 10.1. The highest BCUT2D eigenvalue weighted by molar-refractivity contribution is 5.89. The van der Waals surface area contributed by atoms with Gasteiger partial charge in [-0.25, -0.2) is 0 Å². The monoisotopic (exact) mass is 281 g/mol. The minimum Gasteiger partial charge on any atom is -0.381 e. The Bertz CT molecular complexity index is 786. The van der Waals surface area contributed by atoms with Gasteiger partial charge in [0.1, 0.15) is 0 Å². The minimum absolute atomic E-state index is 0.102. The number of hydrogen-bond acceptors (Lipinski definition) is 3. The zero-order valence-electron chi connectivity index (χ0n) is 10.4. The summed E-state index contributed by atoms with van der Waals surface area (Å²) in [5, 5.41) is 4.02. The number of para-hydroxylation sites is 1. The van der Waals surface area contributed by atoms with Crippen LogP contribution in [0.2, 0.25) is 0 Å². The van der Waals surface area contributed by atoms with Crippen molar-refractivity contribution in [2.45, 2.75) is 6.18 Å². The molecule has 1 aromatic carbocycles. The van der Waals surface area contributed by atoms with Crippen molar-refractivity contribution in [1.29, 1.82) is 0 Å². The zero-order valence-corrected chi connectivity index (χ0v) is 10.4. The first kappa shape index (κ1) is 12.6. The van der Waals surface area contributed by atoms with Crippen LogP contribution in [0.4, 0.5) is 19.0 Å². The van der Waals surface area contributed by atoms with Crippen molar-refractivity contribution in [2.24, 2.45) is 7.05 Å². The van der Waals surface area contributed by atoms with E-state index < -0.39 is 11.7 Å². The fraction of sp³-hybridized carbons (Fsp3) is 0.154. The van der Waals surface area contributed by atoms with Crippen molar-refractivity contribution < 1.29 is 17.7 Å². The molecule has 0 radical (unpaired) electrons. The quantitative estimate of drug-likeness (QED) is 0.743. The second-order valence-corrected chi connectivity index (χ2v) is 4.45. The molecule has 104 valence electrons. The fourth-order valence-electron chi connectivity index (χ4n) is 2.29. The second-order valence-electron chi connectivity index (χ2n) is 4.45. The van der Waals surface area contributed by atoms with Crippen molar-refractivity contribution in [1.82, 2.24) is 9.72 Å². The molecular formula is C13H10F3N3O. The third-order valence-corrected chi connectivity index (χ3v) is 3.14. The average molecular weight is 281 g/mol. The molecule has 3 aromatic rings. The molecule has 0 bridgehead atoms. The highest BCUT2D eigenvalue weighted by Crippen LogP contribution is 2.37. The first-order valence-electron chi connectivity index (χ1n) is 5.76. The number of benzene rings is 1. The summed E-state index contributed by atoms with van der Waals surface area (Å²) in [6.45, 7) is 0. The zero-order chi connectivity index (χ0) is 14.5. The van der Waals surface area contributed by atoms with Crippen LogP contribution in [0.25, 0.3) is 22.4 Å². The highest BCUT2D eigenvalue weighted by atomic mass is 19.4. The first-order valence-corrected chi connectivity index (χ1v) is 5.76. The van der Waals surface area contributed by atoms with Crippen molar-refractivity contribution in [3.8, 4) is 11.5 Å². The summed E-state index contributed by atoms with van der Waals surface area (Å²) in [4.78, 5) is 0. The SMILES string of the molecule is Cn1c(-c2cc(N)no2)cc2cccc(C(F)(F)F)c21. The molecule has 0 aliphatic rings. The lowest BCUT2D eigenvalue weighted by molar-refractivity contribution is -0.136. The molecule has 7 heteroatoms. The van der Waals surface area contributed by atoms with Gasteiger partial charge in [0.15, 0.2) is 11.6 Å². The van der Waals surface area contributed by atoms with Crippen LogP contribution in [-0.4, -0.2) is 9.72 Å². The molecule has 2 N–H and O–H groups in total. The van der Waals surface area contributed by atoms with E-state index in [-0.39, 0.29) is 11.3 Å². The van der Waals surface area contributed by atoms with Gasteiger partial charge in [-0.05, 0) is 12.1 Å². The number of nitrogens with zero attached hydrogens (tertiary/aromatic N) is 2. The van der Waals surface area contributed by atoms with Gasteiger partial charge >= 0.3 is 6.18 Å². The maximum Gasteiger partial charge on any atom is 0.418 e. The molecule has 0 aliphatic carbocycles. The molecule has 0 aliphatic heterocycles. The van der Waals surface area contributed by atoms with Crippen molar-refractivity contribution in [3.63, 3.8) is 0 Å². The van der Waals surface area contributed by atoms with E-state index in [1.807, 2.05) is 0 Å². The third-order valence-electron chi connectivity index (χ3n) is 3.14. The predicted octanol–water partition coefficient (Wildman–Crippen LogP) is 3.43. The maximum absolute atomic E-state index is 13.0. The number of nitrogen functional groups attached to an aromatic ring is 1. The lowest BCUT2D eigenvalue weighted by Gasteiger charge is -2.10. The van der Waals surface area contributed by atoms with Gasteiger partial charge < -0.3 is 14.8 Å².